The molecule has 7 heteroatoms. The predicted octanol–water partition coefficient (Wildman–Crippen LogP) is 2.78. The molecular weight excluding hydrogens is 465 g/mol. The molecule has 166 valence electrons. The summed E-state index contributed by atoms with van der Waals surface area (Å²) in [5, 5.41) is 6.95. The van der Waals surface area contributed by atoms with Crippen LogP contribution in [0.2, 0.25) is 0 Å². The summed E-state index contributed by atoms with van der Waals surface area (Å²) in [6, 6.07) is 0.513. The first-order chi connectivity index (χ1) is 13.2. The Morgan fingerprint density at radius 1 is 1.04 bits per heavy atom. The van der Waals surface area contributed by atoms with Gasteiger partial charge in [0, 0.05) is 32.2 Å². The molecule has 0 radical (unpaired) electrons. The predicted molar refractivity (Wildman–Crippen MR) is 130 cm³/mol. The van der Waals surface area contributed by atoms with Gasteiger partial charge in [-0.1, -0.05) is 13.8 Å². The lowest BCUT2D eigenvalue weighted by molar-refractivity contribution is 0.0143. The van der Waals surface area contributed by atoms with E-state index in [1.165, 1.54) is 51.7 Å². The molecule has 1 atom stereocenters. The SMILES string of the molecule is CCNC(=NCC(CC(C)C)N1CCOCC1)NCCCCN1CCCC1.I. The zero-order valence-corrected chi connectivity index (χ0v) is 20.7. The fourth-order valence-electron chi connectivity index (χ4n) is 4.04. The van der Waals surface area contributed by atoms with Crippen molar-refractivity contribution in [2.75, 3.05) is 65.6 Å². The maximum absolute atomic E-state index is 5.53. The highest BCUT2D eigenvalue weighted by molar-refractivity contribution is 14.0. The molecular formula is C21H44IN5O. The van der Waals surface area contributed by atoms with E-state index in [-0.39, 0.29) is 24.0 Å². The van der Waals surface area contributed by atoms with Gasteiger partial charge < -0.3 is 20.3 Å². The Labute approximate surface area is 190 Å². The molecule has 0 spiro atoms. The lowest BCUT2D eigenvalue weighted by Crippen LogP contribution is -2.46. The minimum atomic E-state index is 0. The number of morpholine rings is 1. The van der Waals surface area contributed by atoms with E-state index in [2.05, 4.69) is 41.2 Å². The van der Waals surface area contributed by atoms with E-state index in [1.54, 1.807) is 0 Å². The summed E-state index contributed by atoms with van der Waals surface area (Å²) < 4.78 is 5.53. The van der Waals surface area contributed by atoms with E-state index in [1.807, 2.05) is 0 Å². The second-order valence-corrected chi connectivity index (χ2v) is 8.33. The number of ether oxygens (including phenoxy) is 1. The molecule has 2 saturated heterocycles. The molecule has 2 rings (SSSR count). The quantitative estimate of drug-likeness (QED) is 0.194. The maximum atomic E-state index is 5.53. The number of guanidine groups is 1. The van der Waals surface area contributed by atoms with Crippen LogP contribution >= 0.6 is 24.0 Å². The summed E-state index contributed by atoms with van der Waals surface area (Å²) in [5.41, 5.74) is 0. The van der Waals surface area contributed by atoms with Crippen molar-refractivity contribution in [1.29, 1.82) is 0 Å². The van der Waals surface area contributed by atoms with Crippen LogP contribution in [0.25, 0.3) is 0 Å². The summed E-state index contributed by atoms with van der Waals surface area (Å²) in [6.45, 7) is 17.2. The topological polar surface area (TPSA) is 52.1 Å². The summed E-state index contributed by atoms with van der Waals surface area (Å²) >= 11 is 0. The number of hydrogen-bond acceptors (Lipinski definition) is 4. The molecule has 0 aromatic heterocycles. The highest BCUT2D eigenvalue weighted by Gasteiger charge is 2.21. The Kier molecular flexibility index (Phi) is 14.5. The van der Waals surface area contributed by atoms with Crippen molar-refractivity contribution in [2.24, 2.45) is 10.9 Å². The molecule has 28 heavy (non-hydrogen) atoms. The van der Waals surface area contributed by atoms with Gasteiger partial charge >= 0.3 is 0 Å². The Morgan fingerprint density at radius 3 is 2.39 bits per heavy atom. The first-order valence-corrected chi connectivity index (χ1v) is 11.3. The minimum absolute atomic E-state index is 0. The Balaban J connectivity index is 0.00000392. The fraction of sp³-hybridized carbons (Fsp3) is 0.952. The molecule has 0 aliphatic carbocycles. The van der Waals surface area contributed by atoms with Crippen LogP contribution in [0.15, 0.2) is 4.99 Å². The number of aliphatic imine (C=N–C) groups is 1. The third-order valence-corrected chi connectivity index (χ3v) is 5.50. The average Bonchev–Trinajstić information content (AvgIpc) is 3.18. The van der Waals surface area contributed by atoms with Crippen molar-refractivity contribution in [3.8, 4) is 0 Å². The lowest BCUT2D eigenvalue weighted by Gasteiger charge is -2.34. The molecule has 2 aliphatic heterocycles. The molecule has 0 saturated carbocycles. The van der Waals surface area contributed by atoms with Gasteiger partial charge in [-0.15, -0.1) is 24.0 Å². The molecule has 2 N–H and O–H groups in total. The van der Waals surface area contributed by atoms with E-state index in [4.69, 9.17) is 9.73 Å². The first kappa shape index (κ1) is 25.9. The average molecular weight is 510 g/mol. The van der Waals surface area contributed by atoms with Crippen LogP contribution in [-0.2, 0) is 4.74 Å². The molecule has 2 aliphatic rings. The lowest BCUT2D eigenvalue weighted by atomic mass is 10.0. The van der Waals surface area contributed by atoms with Crippen LogP contribution in [0.4, 0.5) is 0 Å². The van der Waals surface area contributed by atoms with Gasteiger partial charge in [0.05, 0.1) is 19.8 Å². The highest BCUT2D eigenvalue weighted by Crippen LogP contribution is 2.14. The fourth-order valence-corrected chi connectivity index (χ4v) is 4.04. The molecule has 2 heterocycles. The van der Waals surface area contributed by atoms with Crippen molar-refractivity contribution in [1.82, 2.24) is 20.4 Å². The van der Waals surface area contributed by atoms with Gasteiger partial charge in [-0.25, -0.2) is 0 Å². The minimum Gasteiger partial charge on any atom is -0.379 e. The Morgan fingerprint density at radius 2 is 1.75 bits per heavy atom. The van der Waals surface area contributed by atoms with Gasteiger partial charge in [0.2, 0.25) is 0 Å². The van der Waals surface area contributed by atoms with Crippen LogP contribution in [0.1, 0.15) is 52.9 Å². The van der Waals surface area contributed by atoms with Crippen molar-refractivity contribution < 1.29 is 4.74 Å². The molecule has 0 aromatic carbocycles. The van der Waals surface area contributed by atoms with Crippen LogP contribution in [0.3, 0.4) is 0 Å². The van der Waals surface area contributed by atoms with E-state index in [0.29, 0.717) is 12.0 Å². The van der Waals surface area contributed by atoms with Crippen LogP contribution in [0, 0.1) is 5.92 Å². The number of hydrogen-bond donors (Lipinski definition) is 2. The van der Waals surface area contributed by atoms with Gasteiger partial charge in [-0.05, 0) is 64.6 Å². The van der Waals surface area contributed by atoms with Gasteiger partial charge in [-0.3, -0.25) is 9.89 Å². The van der Waals surface area contributed by atoms with Crippen molar-refractivity contribution >= 4 is 29.9 Å². The molecule has 0 amide bonds. The van der Waals surface area contributed by atoms with E-state index in [9.17, 15) is 0 Å². The third kappa shape index (κ3) is 10.6. The second kappa shape index (κ2) is 15.7. The number of halogens is 1. The van der Waals surface area contributed by atoms with E-state index >= 15 is 0 Å². The molecule has 0 bridgehead atoms. The van der Waals surface area contributed by atoms with Crippen LogP contribution < -0.4 is 10.6 Å². The Hall–Kier alpha value is -0.120. The summed E-state index contributed by atoms with van der Waals surface area (Å²) in [4.78, 5) is 10.1. The Bertz CT molecular complexity index is 410. The third-order valence-electron chi connectivity index (χ3n) is 5.50. The maximum Gasteiger partial charge on any atom is 0.191 e. The standard InChI is InChI=1S/C21H43N5O.HI/c1-4-22-21(23-9-5-6-10-25-11-7-8-12-25)24-18-20(17-19(2)3)26-13-15-27-16-14-26;/h19-20H,4-18H2,1-3H3,(H2,22,23,24);1H. The molecule has 1 unspecified atom stereocenters. The van der Waals surface area contributed by atoms with Crippen LogP contribution in [-0.4, -0.2) is 87.4 Å². The number of nitrogens with zero attached hydrogens (tertiary/aromatic N) is 3. The van der Waals surface area contributed by atoms with Crippen molar-refractivity contribution in [3.05, 3.63) is 0 Å². The molecule has 6 nitrogen and oxygen atoms in total. The first-order valence-electron chi connectivity index (χ1n) is 11.3. The van der Waals surface area contributed by atoms with Gasteiger partial charge in [-0.2, -0.15) is 0 Å². The molecule has 0 aromatic rings. The van der Waals surface area contributed by atoms with Crippen molar-refractivity contribution in [3.63, 3.8) is 0 Å². The highest BCUT2D eigenvalue weighted by atomic mass is 127. The zero-order valence-electron chi connectivity index (χ0n) is 18.4. The van der Waals surface area contributed by atoms with Crippen LogP contribution in [0.5, 0.6) is 0 Å². The summed E-state index contributed by atoms with van der Waals surface area (Å²) in [7, 11) is 0. The van der Waals surface area contributed by atoms with E-state index in [0.717, 1.165) is 51.9 Å². The summed E-state index contributed by atoms with van der Waals surface area (Å²) in [6.07, 6.45) is 6.45. The summed E-state index contributed by atoms with van der Waals surface area (Å²) in [5.74, 6) is 1.66. The zero-order chi connectivity index (χ0) is 19.3. The van der Waals surface area contributed by atoms with Crippen molar-refractivity contribution in [2.45, 2.75) is 58.9 Å². The monoisotopic (exact) mass is 509 g/mol. The molecule has 2 fully saturated rings. The number of rotatable bonds is 11. The number of nitrogens with one attached hydrogen (secondary N) is 2. The van der Waals surface area contributed by atoms with E-state index < -0.39 is 0 Å². The smallest absolute Gasteiger partial charge is 0.191 e. The van der Waals surface area contributed by atoms with Gasteiger partial charge in [0.1, 0.15) is 0 Å². The van der Waals surface area contributed by atoms with Gasteiger partial charge in [0.25, 0.3) is 0 Å². The largest absolute Gasteiger partial charge is 0.379 e. The normalized spacial score (nSPS) is 20.2. The van der Waals surface area contributed by atoms with Gasteiger partial charge in [0.15, 0.2) is 5.96 Å². The second-order valence-electron chi connectivity index (χ2n) is 8.33. The number of unbranched alkanes of at least 4 members (excludes halogenated alkanes) is 1. The number of likely N-dealkylation sites (tertiary alicyclic amines) is 1.